The molecular weight excluding hydrogens is 379 g/mol. The van der Waals surface area contributed by atoms with Gasteiger partial charge in [-0.3, -0.25) is 9.48 Å². The summed E-state index contributed by atoms with van der Waals surface area (Å²) in [4.78, 5) is 27.9. The first kappa shape index (κ1) is 19.2. The van der Waals surface area contributed by atoms with Gasteiger partial charge in [0.25, 0.3) is 5.91 Å². The van der Waals surface area contributed by atoms with Crippen LogP contribution < -0.4 is 16.0 Å². The molecule has 0 radical (unpaired) electrons. The first-order valence-electron chi connectivity index (χ1n) is 9.77. The molecule has 4 rings (SSSR count). The molecule has 0 spiro atoms. The van der Waals surface area contributed by atoms with Crippen molar-refractivity contribution >= 4 is 17.8 Å². The highest BCUT2D eigenvalue weighted by Crippen LogP contribution is 2.33. The Morgan fingerprint density at radius 3 is 2.83 bits per heavy atom. The average Bonchev–Trinajstić information content (AvgIpc) is 3.32. The quantitative estimate of drug-likeness (QED) is 0.609. The third-order valence-electron chi connectivity index (χ3n) is 5.52. The van der Waals surface area contributed by atoms with E-state index in [1.54, 1.807) is 17.1 Å². The van der Waals surface area contributed by atoms with Crippen molar-refractivity contribution in [1.82, 2.24) is 25.4 Å². The molecule has 1 aliphatic carbocycles. The van der Waals surface area contributed by atoms with Crippen molar-refractivity contribution in [3.8, 4) is 11.3 Å². The van der Waals surface area contributed by atoms with Crippen LogP contribution in [-0.4, -0.2) is 44.0 Å². The van der Waals surface area contributed by atoms with Crippen LogP contribution in [0.1, 0.15) is 48.5 Å². The minimum absolute atomic E-state index is 0.0311. The molecule has 10 heteroatoms. The number of rotatable bonds is 5. The average molecular weight is 402 g/mol. The fraction of sp³-hybridized carbons (Fsp3) is 0.474. The number of amides is 2. The van der Waals surface area contributed by atoms with E-state index < -0.39 is 11.9 Å². The largest absolute Gasteiger partial charge is 0.465 e. The fourth-order valence-corrected chi connectivity index (χ4v) is 4.05. The Morgan fingerprint density at radius 2 is 2.14 bits per heavy atom. The van der Waals surface area contributed by atoms with Crippen LogP contribution in [0.15, 0.2) is 12.4 Å². The summed E-state index contributed by atoms with van der Waals surface area (Å²) in [6, 6.07) is -0.613. The highest BCUT2D eigenvalue weighted by molar-refractivity contribution is 6.04. The smallest absolute Gasteiger partial charge is 0.404 e. The maximum Gasteiger partial charge on any atom is 0.404 e. The molecule has 2 aliphatic rings. The van der Waals surface area contributed by atoms with Gasteiger partial charge in [0.2, 0.25) is 0 Å². The summed E-state index contributed by atoms with van der Waals surface area (Å²) < 4.78 is 16.9. The van der Waals surface area contributed by atoms with E-state index in [1.807, 2.05) is 6.92 Å². The Hall–Kier alpha value is -3.17. The lowest BCUT2D eigenvalue weighted by atomic mass is 9.90. The number of hydrogen-bond acceptors (Lipinski definition) is 5. The minimum Gasteiger partial charge on any atom is -0.465 e. The molecule has 1 aliphatic heterocycles. The summed E-state index contributed by atoms with van der Waals surface area (Å²) >= 11 is 0. The third-order valence-corrected chi connectivity index (χ3v) is 5.52. The number of anilines is 1. The summed E-state index contributed by atoms with van der Waals surface area (Å²) in [5.41, 5.74) is 1.50. The summed E-state index contributed by atoms with van der Waals surface area (Å²) in [6.45, 7) is 2.69. The zero-order valence-electron chi connectivity index (χ0n) is 16.0. The number of nitrogens with one attached hydrogen (secondary N) is 3. The molecule has 0 aromatic carbocycles. The molecule has 0 saturated heterocycles. The van der Waals surface area contributed by atoms with Crippen LogP contribution in [0.2, 0.25) is 0 Å². The molecule has 2 atom stereocenters. The first-order chi connectivity index (χ1) is 14.0. The Morgan fingerprint density at radius 1 is 1.38 bits per heavy atom. The van der Waals surface area contributed by atoms with Gasteiger partial charge in [0.1, 0.15) is 0 Å². The molecule has 1 fully saturated rings. The highest BCUT2D eigenvalue weighted by atomic mass is 19.1. The Kier molecular flexibility index (Phi) is 5.08. The van der Waals surface area contributed by atoms with Gasteiger partial charge in [0.05, 0.1) is 23.5 Å². The second kappa shape index (κ2) is 7.69. The second-order valence-electron chi connectivity index (χ2n) is 7.34. The van der Waals surface area contributed by atoms with Crippen molar-refractivity contribution in [1.29, 1.82) is 0 Å². The van der Waals surface area contributed by atoms with Crippen LogP contribution in [-0.2, 0) is 13.1 Å². The Balaban J connectivity index is 1.73. The molecule has 2 aromatic heterocycles. The number of carbonyl (C=O) groups excluding carboxylic acids is 1. The molecule has 154 valence electrons. The van der Waals surface area contributed by atoms with Gasteiger partial charge in [-0.2, -0.15) is 5.10 Å². The lowest BCUT2D eigenvalue weighted by Crippen LogP contribution is -2.48. The van der Waals surface area contributed by atoms with Gasteiger partial charge in [-0.1, -0.05) is 12.8 Å². The topological polar surface area (TPSA) is 121 Å². The van der Waals surface area contributed by atoms with Gasteiger partial charge in [0.15, 0.2) is 11.6 Å². The normalized spacial score (nSPS) is 20.8. The van der Waals surface area contributed by atoms with E-state index in [0.29, 0.717) is 30.6 Å². The number of nitrogens with zero attached hydrogens (tertiary/aromatic N) is 3. The van der Waals surface area contributed by atoms with E-state index in [0.717, 1.165) is 12.8 Å². The van der Waals surface area contributed by atoms with Crippen LogP contribution in [0.4, 0.5) is 15.0 Å². The molecule has 2 aromatic rings. The van der Waals surface area contributed by atoms with Crippen molar-refractivity contribution in [3.63, 3.8) is 0 Å². The number of carbonyl (C=O) groups is 2. The molecule has 0 bridgehead atoms. The fourth-order valence-electron chi connectivity index (χ4n) is 4.05. The van der Waals surface area contributed by atoms with Gasteiger partial charge in [-0.05, 0) is 19.8 Å². The van der Waals surface area contributed by atoms with Crippen LogP contribution in [0.3, 0.4) is 0 Å². The molecular formula is C19H23FN6O3. The molecule has 1 saturated carbocycles. The van der Waals surface area contributed by atoms with Gasteiger partial charge in [0, 0.05) is 36.5 Å². The van der Waals surface area contributed by atoms with Crippen molar-refractivity contribution in [3.05, 3.63) is 29.3 Å². The number of fused-ring (bicyclic) bond motifs is 1. The number of carboxylic acid groups (broad SMARTS) is 1. The number of hydrogen-bond donors (Lipinski definition) is 4. The van der Waals surface area contributed by atoms with E-state index >= 15 is 4.39 Å². The van der Waals surface area contributed by atoms with E-state index in [2.05, 4.69) is 26.0 Å². The molecule has 2 amide bonds. The Labute approximate surface area is 166 Å². The summed E-state index contributed by atoms with van der Waals surface area (Å²) in [6.07, 6.45) is 5.46. The van der Waals surface area contributed by atoms with E-state index in [1.165, 1.54) is 0 Å². The van der Waals surface area contributed by atoms with Gasteiger partial charge >= 0.3 is 6.09 Å². The predicted molar refractivity (Wildman–Crippen MR) is 103 cm³/mol. The van der Waals surface area contributed by atoms with Crippen molar-refractivity contribution in [2.45, 2.75) is 57.8 Å². The zero-order valence-corrected chi connectivity index (χ0v) is 16.0. The maximum absolute atomic E-state index is 15.2. The van der Waals surface area contributed by atoms with Crippen LogP contribution in [0, 0.1) is 5.82 Å². The van der Waals surface area contributed by atoms with Gasteiger partial charge in [-0.15, -0.1) is 0 Å². The third kappa shape index (κ3) is 3.62. The van der Waals surface area contributed by atoms with Crippen LogP contribution in [0.25, 0.3) is 11.3 Å². The number of halogens is 1. The predicted octanol–water partition coefficient (Wildman–Crippen LogP) is 2.34. The van der Waals surface area contributed by atoms with Crippen molar-refractivity contribution < 1.29 is 19.1 Å². The molecule has 0 unspecified atom stereocenters. The minimum atomic E-state index is -1.10. The monoisotopic (exact) mass is 402 g/mol. The van der Waals surface area contributed by atoms with E-state index in [-0.39, 0.29) is 41.5 Å². The standard InChI is InChI=1S/C19H23FN6O3/c1-2-26-9-10(7-22-26)16-14-11(8-21-18(14)27)15(20)17(25-16)23-12-5-3-4-6-13(12)24-19(28)29/h7,9,12-13,24H,2-6,8H2,1H3,(H,21,27)(H,23,25)(H,28,29)/t12-,13-/m1/s1. The SMILES string of the molecule is CCn1cc(-c2nc(N[C@@H]3CCCC[C@H]3NC(=O)O)c(F)c3c2C(=O)NC3)cn1. The molecule has 4 N–H and O–H groups in total. The number of aryl methyl sites for hydroxylation is 1. The van der Waals surface area contributed by atoms with Gasteiger partial charge < -0.3 is 21.1 Å². The van der Waals surface area contributed by atoms with Crippen molar-refractivity contribution in [2.75, 3.05) is 5.32 Å². The highest BCUT2D eigenvalue weighted by Gasteiger charge is 2.33. The van der Waals surface area contributed by atoms with Gasteiger partial charge in [-0.25, -0.2) is 14.2 Å². The number of pyridine rings is 1. The van der Waals surface area contributed by atoms with E-state index in [9.17, 15) is 9.59 Å². The maximum atomic E-state index is 15.2. The van der Waals surface area contributed by atoms with Crippen LogP contribution >= 0.6 is 0 Å². The molecule has 9 nitrogen and oxygen atoms in total. The second-order valence-corrected chi connectivity index (χ2v) is 7.34. The molecule has 3 heterocycles. The lowest BCUT2D eigenvalue weighted by molar-refractivity contribution is 0.0966. The first-order valence-corrected chi connectivity index (χ1v) is 9.77. The molecule has 29 heavy (non-hydrogen) atoms. The summed E-state index contributed by atoms with van der Waals surface area (Å²) in [5.74, 6) is -0.909. The van der Waals surface area contributed by atoms with E-state index in [4.69, 9.17) is 5.11 Å². The summed E-state index contributed by atoms with van der Waals surface area (Å²) in [5, 5.41) is 21.6. The number of aromatic nitrogens is 3. The lowest BCUT2D eigenvalue weighted by Gasteiger charge is -2.32. The van der Waals surface area contributed by atoms with Crippen LogP contribution in [0.5, 0.6) is 0 Å². The zero-order chi connectivity index (χ0) is 20.5. The van der Waals surface area contributed by atoms with Crippen molar-refractivity contribution in [2.24, 2.45) is 0 Å². The summed E-state index contributed by atoms with van der Waals surface area (Å²) in [7, 11) is 0. The Bertz CT molecular complexity index is 960.